The topological polar surface area (TPSA) is 69.0 Å². The summed E-state index contributed by atoms with van der Waals surface area (Å²) in [5.74, 6) is 0.511. The number of benzene rings is 2. The molecule has 0 bridgehead atoms. The first-order valence-electron chi connectivity index (χ1n) is 8.89. The highest BCUT2D eigenvalue weighted by Gasteiger charge is 2.21. The Hall–Kier alpha value is -3.15. The van der Waals surface area contributed by atoms with Crippen LogP contribution >= 0.6 is 0 Å². The van der Waals surface area contributed by atoms with E-state index in [9.17, 15) is 4.79 Å². The molecule has 3 rings (SSSR count). The molecule has 6 nitrogen and oxygen atoms in total. The molecule has 3 aromatic rings. The summed E-state index contributed by atoms with van der Waals surface area (Å²) in [5.41, 5.74) is 4.20. The molecule has 1 atom stereocenters. The van der Waals surface area contributed by atoms with Gasteiger partial charge in [-0.1, -0.05) is 47.7 Å². The van der Waals surface area contributed by atoms with Gasteiger partial charge in [0.1, 0.15) is 5.75 Å². The molecule has 0 aliphatic heterocycles. The predicted molar refractivity (Wildman–Crippen MR) is 104 cm³/mol. The van der Waals surface area contributed by atoms with Crippen LogP contribution in [0, 0.1) is 13.8 Å². The summed E-state index contributed by atoms with van der Waals surface area (Å²) in [7, 11) is 1.63. The van der Waals surface area contributed by atoms with Crippen LogP contribution in [0.25, 0.3) is 0 Å². The predicted octanol–water partition coefficient (Wildman–Crippen LogP) is 3.44. The highest BCUT2D eigenvalue weighted by molar-refractivity contribution is 5.93. The third kappa shape index (κ3) is 4.00. The van der Waals surface area contributed by atoms with Crippen molar-refractivity contribution >= 4 is 5.91 Å². The van der Waals surface area contributed by atoms with Crippen LogP contribution in [-0.4, -0.2) is 28.0 Å². The molecule has 27 heavy (non-hydrogen) atoms. The lowest BCUT2D eigenvalue weighted by molar-refractivity contribution is 0.0933. The Morgan fingerprint density at radius 1 is 1.15 bits per heavy atom. The van der Waals surface area contributed by atoms with E-state index in [2.05, 4.69) is 15.6 Å². The second kappa shape index (κ2) is 8.03. The zero-order valence-corrected chi connectivity index (χ0v) is 16.1. The van der Waals surface area contributed by atoms with Gasteiger partial charge in [0.15, 0.2) is 5.69 Å². The average Bonchev–Trinajstić information content (AvgIpc) is 3.02. The lowest BCUT2D eigenvalue weighted by Crippen LogP contribution is -2.28. The number of methoxy groups -OCH3 is 1. The fourth-order valence-electron chi connectivity index (χ4n) is 3.20. The van der Waals surface area contributed by atoms with Crippen molar-refractivity contribution in [2.45, 2.75) is 33.4 Å². The summed E-state index contributed by atoms with van der Waals surface area (Å²) < 4.78 is 7.18. The number of nitrogens with zero attached hydrogens (tertiary/aromatic N) is 3. The Kier molecular flexibility index (Phi) is 5.54. The Morgan fingerprint density at radius 3 is 2.59 bits per heavy atom. The van der Waals surface area contributed by atoms with E-state index in [0.29, 0.717) is 12.2 Å². The number of nitrogens with one attached hydrogen (secondary N) is 1. The minimum atomic E-state index is -0.246. The number of hydrogen-bond donors (Lipinski definition) is 1. The number of aromatic nitrogens is 3. The van der Waals surface area contributed by atoms with Gasteiger partial charge >= 0.3 is 0 Å². The van der Waals surface area contributed by atoms with Gasteiger partial charge in [-0.25, -0.2) is 4.68 Å². The van der Waals surface area contributed by atoms with E-state index in [1.165, 1.54) is 0 Å². The number of ether oxygens (including phenoxy) is 1. The SMILES string of the molecule is COc1cccc(C)c1C(C)NC(=O)c1nnn(Cc2ccccc2)c1C. The highest BCUT2D eigenvalue weighted by Crippen LogP contribution is 2.28. The Morgan fingerprint density at radius 2 is 1.89 bits per heavy atom. The Labute approximate surface area is 159 Å². The minimum Gasteiger partial charge on any atom is -0.496 e. The molecular formula is C21H24N4O2. The van der Waals surface area contributed by atoms with E-state index in [-0.39, 0.29) is 11.9 Å². The van der Waals surface area contributed by atoms with Crippen molar-refractivity contribution in [3.8, 4) is 5.75 Å². The number of hydrogen-bond acceptors (Lipinski definition) is 4. The molecular weight excluding hydrogens is 340 g/mol. The first-order chi connectivity index (χ1) is 13.0. The van der Waals surface area contributed by atoms with Gasteiger partial charge in [-0.05, 0) is 38.0 Å². The molecule has 2 aromatic carbocycles. The van der Waals surface area contributed by atoms with Gasteiger partial charge in [0.2, 0.25) is 0 Å². The standard InChI is InChI=1S/C21H24N4O2/c1-14-9-8-12-18(27-4)19(14)15(2)22-21(26)20-16(3)25(24-23-20)13-17-10-6-5-7-11-17/h5-12,15H,13H2,1-4H3,(H,22,26). The van der Waals surface area contributed by atoms with Gasteiger partial charge in [-0.2, -0.15) is 0 Å². The average molecular weight is 364 g/mol. The normalized spacial score (nSPS) is 11.9. The number of rotatable bonds is 6. The fraction of sp³-hybridized carbons (Fsp3) is 0.286. The number of carbonyl (C=O) groups excluding carboxylic acids is 1. The molecule has 0 aliphatic carbocycles. The Bertz CT molecular complexity index is 935. The van der Waals surface area contributed by atoms with E-state index in [1.54, 1.807) is 11.8 Å². The second-order valence-corrected chi connectivity index (χ2v) is 6.55. The largest absolute Gasteiger partial charge is 0.496 e. The highest BCUT2D eigenvalue weighted by atomic mass is 16.5. The summed E-state index contributed by atoms with van der Waals surface area (Å²) in [5, 5.41) is 11.2. The van der Waals surface area contributed by atoms with Gasteiger partial charge in [0, 0.05) is 5.56 Å². The number of amides is 1. The van der Waals surface area contributed by atoms with Gasteiger partial charge in [-0.3, -0.25) is 4.79 Å². The van der Waals surface area contributed by atoms with Crippen molar-refractivity contribution in [2.24, 2.45) is 0 Å². The Balaban J connectivity index is 1.77. The third-order valence-corrected chi connectivity index (χ3v) is 4.66. The number of carbonyl (C=O) groups is 1. The maximum absolute atomic E-state index is 12.8. The summed E-state index contributed by atoms with van der Waals surface area (Å²) >= 11 is 0. The molecule has 1 N–H and O–H groups in total. The zero-order chi connectivity index (χ0) is 19.4. The van der Waals surface area contributed by atoms with E-state index in [1.807, 2.05) is 69.3 Å². The molecule has 0 saturated carbocycles. The fourth-order valence-corrected chi connectivity index (χ4v) is 3.20. The molecule has 0 spiro atoms. The van der Waals surface area contributed by atoms with Crippen LogP contribution in [0.4, 0.5) is 0 Å². The van der Waals surface area contributed by atoms with Crippen molar-refractivity contribution in [1.29, 1.82) is 0 Å². The van der Waals surface area contributed by atoms with E-state index < -0.39 is 0 Å². The molecule has 1 heterocycles. The minimum absolute atomic E-state index is 0.215. The molecule has 0 radical (unpaired) electrons. The van der Waals surface area contributed by atoms with Gasteiger partial charge in [0.25, 0.3) is 5.91 Å². The van der Waals surface area contributed by atoms with Crippen LogP contribution in [0.1, 0.15) is 45.8 Å². The van der Waals surface area contributed by atoms with Crippen LogP contribution in [0.5, 0.6) is 5.75 Å². The maximum atomic E-state index is 12.8. The second-order valence-electron chi connectivity index (χ2n) is 6.55. The zero-order valence-electron chi connectivity index (χ0n) is 16.1. The molecule has 0 aliphatic rings. The quantitative estimate of drug-likeness (QED) is 0.727. The lowest BCUT2D eigenvalue weighted by atomic mass is 10.0. The first-order valence-corrected chi connectivity index (χ1v) is 8.89. The van der Waals surface area contributed by atoms with Crippen molar-refractivity contribution in [3.63, 3.8) is 0 Å². The first kappa shape index (κ1) is 18.6. The molecule has 140 valence electrons. The van der Waals surface area contributed by atoms with E-state index in [4.69, 9.17) is 4.74 Å². The van der Waals surface area contributed by atoms with Crippen LogP contribution in [0.15, 0.2) is 48.5 Å². The third-order valence-electron chi connectivity index (χ3n) is 4.66. The van der Waals surface area contributed by atoms with Crippen molar-refractivity contribution in [3.05, 3.63) is 76.6 Å². The van der Waals surface area contributed by atoms with Crippen LogP contribution in [0.2, 0.25) is 0 Å². The molecule has 1 unspecified atom stereocenters. The van der Waals surface area contributed by atoms with E-state index in [0.717, 1.165) is 28.1 Å². The van der Waals surface area contributed by atoms with Gasteiger partial charge < -0.3 is 10.1 Å². The van der Waals surface area contributed by atoms with Crippen molar-refractivity contribution in [2.75, 3.05) is 7.11 Å². The van der Waals surface area contributed by atoms with Gasteiger partial charge in [0.05, 0.1) is 25.4 Å². The van der Waals surface area contributed by atoms with Crippen molar-refractivity contribution in [1.82, 2.24) is 20.3 Å². The summed E-state index contributed by atoms with van der Waals surface area (Å²) in [6.45, 7) is 6.37. The summed E-state index contributed by atoms with van der Waals surface area (Å²) in [6, 6.07) is 15.6. The lowest BCUT2D eigenvalue weighted by Gasteiger charge is -2.19. The molecule has 1 amide bonds. The van der Waals surface area contributed by atoms with Gasteiger partial charge in [-0.15, -0.1) is 5.10 Å². The summed E-state index contributed by atoms with van der Waals surface area (Å²) in [6.07, 6.45) is 0. The molecule has 0 saturated heterocycles. The monoisotopic (exact) mass is 364 g/mol. The van der Waals surface area contributed by atoms with Crippen LogP contribution in [-0.2, 0) is 6.54 Å². The smallest absolute Gasteiger partial charge is 0.274 e. The maximum Gasteiger partial charge on any atom is 0.274 e. The molecule has 0 fully saturated rings. The van der Waals surface area contributed by atoms with E-state index >= 15 is 0 Å². The molecule has 6 heteroatoms. The summed E-state index contributed by atoms with van der Waals surface area (Å²) in [4.78, 5) is 12.8. The van der Waals surface area contributed by atoms with Crippen molar-refractivity contribution < 1.29 is 9.53 Å². The van der Waals surface area contributed by atoms with Crippen LogP contribution in [0.3, 0.4) is 0 Å². The van der Waals surface area contributed by atoms with Crippen LogP contribution < -0.4 is 10.1 Å². The molecule has 1 aromatic heterocycles. The number of aryl methyl sites for hydroxylation is 1.